The van der Waals surface area contributed by atoms with Crippen LogP contribution in [0.4, 0.5) is 0 Å². The molecule has 0 bridgehead atoms. The molecule has 5 nitrogen and oxygen atoms in total. The molecule has 0 saturated carbocycles. The monoisotopic (exact) mass is 353 g/mol. The number of alkyl halides is 1. The van der Waals surface area contributed by atoms with Gasteiger partial charge in [0.1, 0.15) is 12.4 Å². The second kappa shape index (κ2) is 7.23. The minimum Gasteiger partial charge on any atom is -0.471 e. The fraction of sp³-hybridized carbons (Fsp3) is 0.400. The molecule has 21 heavy (non-hydrogen) atoms. The van der Waals surface area contributed by atoms with Crippen molar-refractivity contribution in [1.82, 2.24) is 0 Å². The van der Waals surface area contributed by atoms with Crippen LogP contribution >= 0.6 is 15.9 Å². The van der Waals surface area contributed by atoms with E-state index in [4.69, 9.17) is 14.7 Å². The van der Waals surface area contributed by atoms with Gasteiger partial charge >= 0.3 is 5.97 Å². The Bertz CT molecular complexity index is 560. The van der Waals surface area contributed by atoms with Crippen molar-refractivity contribution in [2.45, 2.75) is 25.8 Å². The number of esters is 1. The molecule has 0 heterocycles. The van der Waals surface area contributed by atoms with Crippen molar-refractivity contribution < 1.29 is 19.1 Å². The number of hydrogen-bond donors (Lipinski definition) is 0. The summed E-state index contributed by atoms with van der Waals surface area (Å²) in [7, 11) is 0. The summed E-state index contributed by atoms with van der Waals surface area (Å²) >= 11 is 3.18. The van der Waals surface area contributed by atoms with Gasteiger partial charge in [-0.15, -0.1) is 0 Å². The number of rotatable bonds is 6. The van der Waals surface area contributed by atoms with Gasteiger partial charge in [-0.3, -0.25) is 9.59 Å². The summed E-state index contributed by atoms with van der Waals surface area (Å²) in [5.74, 6) is -0.212. The van der Waals surface area contributed by atoms with Gasteiger partial charge in [0.05, 0.1) is 17.0 Å². The molecule has 0 N–H and O–H groups in total. The highest BCUT2D eigenvalue weighted by atomic mass is 79.9. The van der Waals surface area contributed by atoms with Crippen molar-refractivity contribution in [2.75, 3.05) is 6.61 Å². The lowest BCUT2D eigenvalue weighted by molar-refractivity contribution is -0.147. The molecule has 0 amide bonds. The third kappa shape index (κ3) is 5.20. The van der Waals surface area contributed by atoms with Crippen LogP contribution in [0.2, 0.25) is 0 Å². The van der Waals surface area contributed by atoms with Gasteiger partial charge in [-0.1, -0.05) is 0 Å². The minimum absolute atomic E-state index is 0.0139. The smallest absolute Gasteiger partial charge is 0.302 e. The van der Waals surface area contributed by atoms with Gasteiger partial charge in [0.2, 0.25) is 5.01 Å². The van der Waals surface area contributed by atoms with E-state index >= 15 is 0 Å². The summed E-state index contributed by atoms with van der Waals surface area (Å²) in [5, 5.41) is 7.85. The van der Waals surface area contributed by atoms with Gasteiger partial charge in [-0.2, -0.15) is 5.26 Å². The standard InChI is InChI=1S/C15H16BrNO4/c1-10(18)20-9-15(2,3)13(19)14(16)21-12-6-4-11(8-17)5-7-12/h4-7,14H,9H2,1-3H3. The Kier molecular flexibility index (Phi) is 5.91. The molecule has 1 aromatic rings. The van der Waals surface area contributed by atoms with Crippen molar-refractivity contribution in [1.29, 1.82) is 5.26 Å². The maximum absolute atomic E-state index is 12.3. The summed E-state index contributed by atoms with van der Waals surface area (Å²) < 4.78 is 10.4. The van der Waals surface area contributed by atoms with Crippen molar-refractivity contribution in [2.24, 2.45) is 5.41 Å². The summed E-state index contributed by atoms with van der Waals surface area (Å²) in [4.78, 5) is 23.1. The summed E-state index contributed by atoms with van der Waals surface area (Å²) in [5.41, 5.74) is -0.359. The lowest BCUT2D eigenvalue weighted by Gasteiger charge is -2.25. The number of ketones is 1. The first kappa shape index (κ1) is 17.2. The fourth-order valence-corrected chi connectivity index (χ4v) is 2.28. The van der Waals surface area contributed by atoms with Crippen LogP contribution in [0.15, 0.2) is 24.3 Å². The van der Waals surface area contributed by atoms with Gasteiger partial charge < -0.3 is 9.47 Å². The molecule has 0 saturated heterocycles. The van der Waals surface area contributed by atoms with Gasteiger partial charge in [0, 0.05) is 6.92 Å². The van der Waals surface area contributed by atoms with Gasteiger partial charge in [0.15, 0.2) is 5.78 Å². The molecule has 0 aliphatic carbocycles. The van der Waals surface area contributed by atoms with E-state index in [9.17, 15) is 9.59 Å². The average molecular weight is 354 g/mol. The van der Waals surface area contributed by atoms with E-state index in [0.29, 0.717) is 11.3 Å². The molecule has 0 radical (unpaired) electrons. The predicted molar refractivity (Wildman–Crippen MR) is 79.9 cm³/mol. The molecule has 6 heteroatoms. The number of halogens is 1. The van der Waals surface area contributed by atoms with E-state index < -0.39 is 16.4 Å². The average Bonchev–Trinajstić information content (AvgIpc) is 2.45. The quantitative estimate of drug-likeness (QED) is 0.580. The Balaban J connectivity index is 2.68. The maximum atomic E-state index is 12.3. The number of benzene rings is 1. The molecule has 0 aliphatic rings. The number of carbonyl (C=O) groups excluding carboxylic acids is 2. The zero-order valence-electron chi connectivity index (χ0n) is 12.1. The molecule has 0 aliphatic heterocycles. The van der Waals surface area contributed by atoms with Gasteiger partial charge in [-0.05, 0) is 54.0 Å². The topological polar surface area (TPSA) is 76.4 Å². The molecule has 1 aromatic carbocycles. The minimum atomic E-state index is -0.869. The zero-order chi connectivity index (χ0) is 16.0. The molecular formula is C15H16BrNO4. The molecule has 0 fully saturated rings. The molecule has 0 spiro atoms. The molecule has 0 aromatic heterocycles. The van der Waals surface area contributed by atoms with Crippen LogP contribution in [0.5, 0.6) is 5.75 Å². The number of hydrogen-bond acceptors (Lipinski definition) is 5. The Morgan fingerprint density at radius 1 is 1.33 bits per heavy atom. The van der Waals surface area contributed by atoms with E-state index in [1.54, 1.807) is 38.1 Å². The Morgan fingerprint density at radius 2 is 1.90 bits per heavy atom. The first-order valence-electron chi connectivity index (χ1n) is 6.25. The SMILES string of the molecule is CC(=O)OCC(C)(C)C(=O)C(Br)Oc1ccc(C#N)cc1. The van der Waals surface area contributed by atoms with Gasteiger partial charge in [0.25, 0.3) is 0 Å². The highest BCUT2D eigenvalue weighted by Gasteiger charge is 2.35. The van der Waals surface area contributed by atoms with Crippen LogP contribution in [0.1, 0.15) is 26.3 Å². The number of nitriles is 1. The number of ether oxygens (including phenoxy) is 2. The first-order valence-corrected chi connectivity index (χ1v) is 7.16. The number of Topliss-reactive ketones (excluding diaryl/α,β-unsaturated/α-hetero) is 1. The highest BCUT2D eigenvalue weighted by molar-refractivity contribution is 9.09. The van der Waals surface area contributed by atoms with E-state index in [1.165, 1.54) is 6.92 Å². The second-order valence-corrected chi connectivity index (χ2v) is 5.93. The third-order valence-corrected chi connectivity index (χ3v) is 3.34. The molecule has 1 rings (SSSR count). The van der Waals surface area contributed by atoms with E-state index in [2.05, 4.69) is 15.9 Å². The van der Waals surface area contributed by atoms with E-state index in [0.717, 1.165) is 0 Å². The summed E-state index contributed by atoms with van der Waals surface area (Å²) in [6, 6.07) is 8.42. The van der Waals surface area contributed by atoms with E-state index in [1.807, 2.05) is 6.07 Å². The largest absolute Gasteiger partial charge is 0.471 e. The van der Waals surface area contributed by atoms with Crippen LogP contribution in [0, 0.1) is 16.7 Å². The van der Waals surface area contributed by atoms with Crippen LogP contribution < -0.4 is 4.74 Å². The zero-order valence-corrected chi connectivity index (χ0v) is 13.6. The predicted octanol–water partition coefficient (Wildman–Crippen LogP) is 2.82. The normalized spacial score (nSPS) is 12.1. The molecular weight excluding hydrogens is 338 g/mol. The first-order chi connectivity index (χ1) is 9.76. The van der Waals surface area contributed by atoms with E-state index in [-0.39, 0.29) is 12.4 Å². The van der Waals surface area contributed by atoms with Gasteiger partial charge in [-0.25, -0.2) is 0 Å². The molecule has 112 valence electrons. The maximum Gasteiger partial charge on any atom is 0.302 e. The highest BCUT2D eigenvalue weighted by Crippen LogP contribution is 2.25. The Hall–Kier alpha value is -1.87. The van der Waals surface area contributed by atoms with Crippen LogP contribution in [-0.4, -0.2) is 23.4 Å². The number of nitrogens with zero attached hydrogens (tertiary/aromatic N) is 1. The van der Waals surface area contributed by atoms with Crippen LogP contribution in [-0.2, 0) is 14.3 Å². The second-order valence-electron chi connectivity index (χ2n) is 5.10. The van der Waals surface area contributed by atoms with Crippen molar-refractivity contribution in [3.63, 3.8) is 0 Å². The fourth-order valence-electron chi connectivity index (χ4n) is 1.44. The van der Waals surface area contributed by atoms with Crippen molar-refractivity contribution in [3.05, 3.63) is 29.8 Å². The lowest BCUT2D eigenvalue weighted by Crippen LogP contribution is -2.38. The Morgan fingerprint density at radius 3 is 2.38 bits per heavy atom. The summed E-state index contributed by atoms with van der Waals surface area (Å²) in [6.07, 6.45) is 0. The van der Waals surface area contributed by atoms with Crippen LogP contribution in [0.3, 0.4) is 0 Å². The molecule has 1 atom stereocenters. The third-order valence-electron chi connectivity index (χ3n) is 2.73. The lowest BCUT2D eigenvalue weighted by atomic mass is 9.89. The Labute approximate surface area is 132 Å². The van der Waals surface area contributed by atoms with Crippen LogP contribution in [0.25, 0.3) is 0 Å². The number of carbonyl (C=O) groups is 2. The van der Waals surface area contributed by atoms with Crippen molar-refractivity contribution in [3.8, 4) is 11.8 Å². The summed E-state index contributed by atoms with van der Waals surface area (Å²) in [6.45, 7) is 4.63. The molecule has 1 unspecified atom stereocenters. The van der Waals surface area contributed by atoms with Crippen molar-refractivity contribution >= 4 is 27.7 Å².